The van der Waals surface area contributed by atoms with Gasteiger partial charge in [0.1, 0.15) is 36.5 Å². The summed E-state index contributed by atoms with van der Waals surface area (Å²) in [5.74, 6) is -0.0454. The van der Waals surface area contributed by atoms with Crippen LogP contribution >= 0.6 is 11.6 Å². The van der Waals surface area contributed by atoms with E-state index in [1.807, 2.05) is 0 Å². The van der Waals surface area contributed by atoms with Gasteiger partial charge in [0.2, 0.25) is 0 Å². The zero-order valence-corrected chi connectivity index (χ0v) is 17.0. The van der Waals surface area contributed by atoms with Crippen LogP contribution in [0.5, 0.6) is 0 Å². The molecular weight excluding hydrogens is 401 g/mol. The first-order chi connectivity index (χ1) is 14.0. The summed E-state index contributed by atoms with van der Waals surface area (Å²) < 4.78 is 26.6. The number of benzene rings is 1. The molecule has 8 atom stereocenters. The first-order valence-corrected chi connectivity index (χ1v) is 10.7. The van der Waals surface area contributed by atoms with Crippen LogP contribution < -0.4 is 10.6 Å². The fraction of sp³-hybridized carbons (Fsp3) is 0.700. The van der Waals surface area contributed by atoms with Crippen molar-refractivity contribution in [2.75, 3.05) is 19.8 Å². The van der Waals surface area contributed by atoms with E-state index >= 15 is 0 Å². The Labute approximate surface area is 174 Å². The highest BCUT2D eigenvalue weighted by atomic mass is 35.5. The molecule has 0 aromatic heterocycles. The number of fused-ring (bicyclic) bond motifs is 2. The zero-order chi connectivity index (χ0) is 20.3. The minimum absolute atomic E-state index is 0.0735. The Morgan fingerprint density at radius 2 is 2.07 bits per heavy atom. The predicted molar refractivity (Wildman–Crippen MR) is 104 cm³/mol. The van der Waals surface area contributed by atoms with E-state index in [9.17, 15) is 14.6 Å². The second-order valence-electron chi connectivity index (χ2n) is 8.45. The number of nitrogens with zero attached hydrogens (tertiary/aromatic N) is 1. The number of nitrogens with one attached hydrogen (secondary N) is 2. The van der Waals surface area contributed by atoms with Gasteiger partial charge in [-0.25, -0.2) is 4.39 Å². The minimum Gasteiger partial charge on any atom is -0.387 e. The normalized spacial score (nSPS) is 42.7. The Bertz CT molecular complexity index is 786. The van der Waals surface area contributed by atoms with Crippen LogP contribution in [0.25, 0.3) is 0 Å². The van der Waals surface area contributed by atoms with Crippen molar-refractivity contribution in [1.29, 1.82) is 0 Å². The summed E-state index contributed by atoms with van der Waals surface area (Å²) in [5.41, 5.74) is 1.13. The lowest BCUT2D eigenvalue weighted by atomic mass is 9.91. The maximum Gasteiger partial charge on any atom is 0.145 e. The van der Waals surface area contributed by atoms with Gasteiger partial charge in [0.15, 0.2) is 0 Å². The summed E-state index contributed by atoms with van der Waals surface area (Å²) in [7, 11) is 0. The van der Waals surface area contributed by atoms with Crippen molar-refractivity contribution in [3.8, 4) is 0 Å². The average Bonchev–Trinajstić information content (AvgIpc) is 3.27. The van der Waals surface area contributed by atoms with Gasteiger partial charge in [-0.1, -0.05) is 17.7 Å². The molecule has 1 aromatic carbocycles. The van der Waals surface area contributed by atoms with Crippen molar-refractivity contribution < 1.29 is 24.1 Å². The molecule has 9 heteroatoms. The fourth-order valence-electron chi connectivity index (χ4n) is 5.38. The number of hydrogen-bond acceptors (Lipinski definition) is 7. The van der Waals surface area contributed by atoms with Crippen LogP contribution in [0, 0.1) is 11.7 Å². The molecule has 3 fully saturated rings. The van der Waals surface area contributed by atoms with Crippen molar-refractivity contribution in [3.05, 3.63) is 34.1 Å². The minimum atomic E-state index is -1.13. The summed E-state index contributed by atoms with van der Waals surface area (Å²) in [5, 5.41) is 28.5. The quantitative estimate of drug-likeness (QED) is 0.553. The fourth-order valence-corrected chi connectivity index (χ4v) is 5.56. The third-order valence-electron chi connectivity index (χ3n) is 6.95. The third kappa shape index (κ3) is 3.21. The molecule has 0 spiro atoms. The van der Waals surface area contributed by atoms with Crippen molar-refractivity contribution in [2.24, 2.45) is 5.92 Å². The number of rotatable bonds is 2. The van der Waals surface area contributed by atoms with Crippen LogP contribution in [0.2, 0.25) is 5.02 Å². The SMILES string of the molecule is CC1NCNC2C1CCN2[C@@H]1O[C@H]([C@@H]2OCCc3c2ccc(Cl)c3F)[C@@H](O)[C@H]1O. The van der Waals surface area contributed by atoms with Crippen molar-refractivity contribution in [3.63, 3.8) is 0 Å². The lowest BCUT2D eigenvalue weighted by Crippen LogP contribution is -2.61. The summed E-state index contributed by atoms with van der Waals surface area (Å²) in [4.78, 5) is 2.10. The molecule has 1 aromatic rings. The Kier molecular flexibility index (Phi) is 5.33. The standard InChI is InChI=1S/C20H27ClFN3O4/c1-9-10-4-6-25(19(10)24-8-23-9)20-16(27)15(26)18(29-20)17-12-2-3-13(21)14(22)11(12)5-7-28-17/h2-3,9-10,15-20,23-24,26-27H,4-8H2,1H3/t9?,10?,15-,16+,17+,18-,19?,20+/m0/s1. The molecule has 0 amide bonds. The van der Waals surface area contributed by atoms with E-state index in [0.29, 0.717) is 42.8 Å². The van der Waals surface area contributed by atoms with Gasteiger partial charge < -0.3 is 25.0 Å². The van der Waals surface area contributed by atoms with Gasteiger partial charge >= 0.3 is 0 Å². The second kappa shape index (κ2) is 7.69. The van der Waals surface area contributed by atoms with E-state index in [1.54, 1.807) is 6.07 Å². The number of ether oxygens (including phenoxy) is 2. The Balaban J connectivity index is 1.40. The molecule has 4 heterocycles. The van der Waals surface area contributed by atoms with E-state index in [1.165, 1.54) is 6.07 Å². The highest BCUT2D eigenvalue weighted by Gasteiger charge is 2.54. The molecule has 7 nitrogen and oxygen atoms in total. The van der Waals surface area contributed by atoms with Crippen molar-refractivity contribution in [1.82, 2.24) is 15.5 Å². The molecule has 0 aliphatic carbocycles. The predicted octanol–water partition coefficient (Wildman–Crippen LogP) is 0.726. The van der Waals surface area contributed by atoms with E-state index in [4.69, 9.17) is 21.1 Å². The van der Waals surface area contributed by atoms with Crippen LogP contribution in [0.4, 0.5) is 4.39 Å². The van der Waals surface area contributed by atoms with Gasteiger partial charge in [-0.2, -0.15) is 0 Å². The smallest absolute Gasteiger partial charge is 0.145 e. The molecule has 0 bridgehead atoms. The number of likely N-dealkylation sites (tertiary alicyclic amines) is 1. The van der Waals surface area contributed by atoms with Gasteiger partial charge in [-0.15, -0.1) is 0 Å². The van der Waals surface area contributed by atoms with Crippen molar-refractivity contribution >= 4 is 11.6 Å². The molecule has 3 saturated heterocycles. The third-order valence-corrected chi connectivity index (χ3v) is 7.24. The van der Waals surface area contributed by atoms with E-state index in [2.05, 4.69) is 22.5 Å². The Morgan fingerprint density at radius 1 is 1.24 bits per heavy atom. The van der Waals surface area contributed by atoms with Crippen LogP contribution in [0.1, 0.15) is 30.6 Å². The molecule has 29 heavy (non-hydrogen) atoms. The van der Waals surface area contributed by atoms with Gasteiger partial charge in [-0.05, 0) is 37.0 Å². The Hall–Kier alpha value is -0.840. The van der Waals surface area contributed by atoms with Crippen LogP contribution in [0.3, 0.4) is 0 Å². The van der Waals surface area contributed by atoms with Gasteiger partial charge in [0.05, 0.1) is 17.8 Å². The number of aliphatic hydroxyl groups excluding tert-OH is 2. The van der Waals surface area contributed by atoms with E-state index in [0.717, 1.165) is 13.0 Å². The van der Waals surface area contributed by atoms with Crippen LogP contribution in [-0.4, -0.2) is 71.7 Å². The molecule has 4 N–H and O–H groups in total. The first-order valence-electron chi connectivity index (χ1n) is 10.3. The monoisotopic (exact) mass is 427 g/mol. The van der Waals surface area contributed by atoms with Crippen LogP contribution in [0.15, 0.2) is 12.1 Å². The molecule has 4 aliphatic heterocycles. The summed E-state index contributed by atoms with van der Waals surface area (Å²) in [6.45, 7) is 3.92. The molecule has 160 valence electrons. The highest BCUT2D eigenvalue weighted by Crippen LogP contribution is 2.41. The average molecular weight is 428 g/mol. The maximum atomic E-state index is 14.5. The zero-order valence-electron chi connectivity index (χ0n) is 16.2. The van der Waals surface area contributed by atoms with Gasteiger partial charge in [-0.3, -0.25) is 10.2 Å². The topological polar surface area (TPSA) is 86.2 Å². The molecule has 4 aliphatic rings. The molecule has 3 unspecified atom stereocenters. The summed E-state index contributed by atoms with van der Waals surface area (Å²) >= 11 is 5.94. The van der Waals surface area contributed by atoms with E-state index < -0.39 is 36.5 Å². The summed E-state index contributed by atoms with van der Waals surface area (Å²) in [6, 6.07) is 3.59. The summed E-state index contributed by atoms with van der Waals surface area (Å²) in [6.07, 6.45) is -2.82. The number of halogens is 2. The largest absolute Gasteiger partial charge is 0.387 e. The Morgan fingerprint density at radius 3 is 2.90 bits per heavy atom. The lowest BCUT2D eigenvalue weighted by molar-refractivity contribution is -0.142. The molecular formula is C20H27ClFN3O4. The van der Waals surface area contributed by atoms with Crippen molar-refractivity contribution in [2.45, 2.75) is 62.6 Å². The lowest BCUT2D eigenvalue weighted by Gasteiger charge is -2.40. The first kappa shape index (κ1) is 20.1. The van der Waals surface area contributed by atoms with E-state index in [-0.39, 0.29) is 11.2 Å². The van der Waals surface area contributed by atoms with Gasteiger partial charge in [0, 0.05) is 25.2 Å². The second-order valence-corrected chi connectivity index (χ2v) is 8.86. The molecule has 5 rings (SSSR count). The number of hydrogen-bond donors (Lipinski definition) is 4. The molecule has 0 saturated carbocycles. The maximum absolute atomic E-state index is 14.5. The number of aliphatic hydroxyl groups is 2. The van der Waals surface area contributed by atoms with Crippen LogP contribution in [-0.2, 0) is 15.9 Å². The van der Waals surface area contributed by atoms with Gasteiger partial charge in [0.25, 0.3) is 0 Å². The highest BCUT2D eigenvalue weighted by molar-refractivity contribution is 6.30. The molecule has 0 radical (unpaired) electrons.